The molecule has 0 aliphatic carbocycles. The molecule has 100 valence electrons. The van der Waals surface area contributed by atoms with Crippen LogP contribution in [0.3, 0.4) is 0 Å². The van der Waals surface area contributed by atoms with Crippen molar-refractivity contribution in [2.75, 3.05) is 6.61 Å². The zero-order chi connectivity index (χ0) is 14.4. The van der Waals surface area contributed by atoms with Gasteiger partial charge in [0.25, 0.3) is 0 Å². The maximum atomic E-state index is 11.5. The number of ether oxygens (including phenoxy) is 1. The molecule has 0 unspecified atom stereocenters. The highest BCUT2D eigenvalue weighted by molar-refractivity contribution is 5.97. The van der Waals surface area contributed by atoms with Crippen LogP contribution in [0.1, 0.15) is 12.6 Å². The van der Waals surface area contributed by atoms with E-state index in [0.29, 0.717) is 5.69 Å². The summed E-state index contributed by atoms with van der Waals surface area (Å²) >= 11 is 0. The van der Waals surface area contributed by atoms with Crippen molar-refractivity contribution in [2.24, 2.45) is 0 Å². The Kier molecular flexibility index (Phi) is 4.24. The van der Waals surface area contributed by atoms with Crippen molar-refractivity contribution in [1.29, 1.82) is 5.26 Å². The fraction of sp³-hybridized carbons (Fsp3) is 0.143. The molecule has 0 atom stereocenters. The fourth-order valence-electron chi connectivity index (χ4n) is 1.54. The Bertz CT molecular complexity index is 668. The molecular weight excluding hydrogens is 256 g/mol. The molecule has 1 aromatic carbocycles. The minimum Gasteiger partial charge on any atom is -0.462 e. The molecule has 2 aromatic rings. The highest BCUT2D eigenvalue weighted by Crippen LogP contribution is 2.09. The van der Waals surface area contributed by atoms with Crippen LogP contribution in [0.25, 0.3) is 11.8 Å². The lowest BCUT2D eigenvalue weighted by Gasteiger charge is -1.98. The van der Waals surface area contributed by atoms with Crippen LogP contribution in [0.5, 0.6) is 0 Å². The number of aromatic nitrogens is 3. The maximum absolute atomic E-state index is 11.5. The average Bonchev–Trinajstić information content (AvgIpc) is 2.94. The highest BCUT2D eigenvalue weighted by atomic mass is 16.5. The van der Waals surface area contributed by atoms with E-state index in [1.54, 1.807) is 23.9 Å². The minimum atomic E-state index is -0.663. The van der Waals surface area contributed by atoms with Crippen LogP contribution < -0.4 is 0 Å². The number of para-hydroxylation sites is 1. The van der Waals surface area contributed by atoms with Gasteiger partial charge in [0.15, 0.2) is 0 Å². The third-order valence-corrected chi connectivity index (χ3v) is 2.44. The van der Waals surface area contributed by atoms with Gasteiger partial charge in [0.1, 0.15) is 17.3 Å². The molecule has 0 fully saturated rings. The molecular formula is C14H12N4O2. The molecule has 0 N–H and O–H groups in total. The van der Waals surface area contributed by atoms with Gasteiger partial charge in [-0.3, -0.25) is 0 Å². The Hall–Kier alpha value is -2.94. The quantitative estimate of drug-likeness (QED) is 0.479. The first-order valence-electron chi connectivity index (χ1n) is 6.01. The monoisotopic (exact) mass is 268 g/mol. The SMILES string of the molecule is CCOC(=O)C(C#N)=Cc1cn(-c2ccccc2)nn1. The molecule has 1 heterocycles. The summed E-state index contributed by atoms with van der Waals surface area (Å²) < 4.78 is 6.34. The van der Waals surface area contributed by atoms with Crippen LogP contribution in [0.2, 0.25) is 0 Å². The van der Waals surface area contributed by atoms with Crippen LogP contribution in [-0.4, -0.2) is 27.6 Å². The zero-order valence-electron chi connectivity index (χ0n) is 10.9. The first-order valence-corrected chi connectivity index (χ1v) is 6.01. The Balaban J connectivity index is 2.25. The van der Waals surface area contributed by atoms with Crippen LogP contribution >= 0.6 is 0 Å². The number of benzene rings is 1. The van der Waals surface area contributed by atoms with Gasteiger partial charge >= 0.3 is 5.97 Å². The second-order valence-electron chi connectivity index (χ2n) is 3.81. The van der Waals surface area contributed by atoms with Crippen molar-refractivity contribution in [2.45, 2.75) is 6.92 Å². The van der Waals surface area contributed by atoms with E-state index in [-0.39, 0.29) is 12.2 Å². The predicted octanol–water partition coefficient (Wildman–Crippen LogP) is 1.74. The topological polar surface area (TPSA) is 80.8 Å². The van der Waals surface area contributed by atoms with Crippen LogP contribution in [-0.2, 0) is 9.53 Å². The molecule has 0 saturated carbocycles. The van der Waals surface area contributed by atoms with Gasteiger partial charge in [0.2, 0.25) is 0 Å². The Labute approximate surface area is 115 Å². The molecule has 0 radical (unpaired) electrons. The Morgan fingerprint density at radius 2 is 2.20 bits per heavy atom. The van der Waals surface area contributed by atoms with E-state index in [9.17, 15) is 4.79 Å². The van der Waals surface area contributed by atoms with Gasteiger partial charge in [-0.15, -0.1) is 5.10 Å². The molecule has 0 aliphatic heterocycles. The van der Waals surface area contributed by atoms with Crippen LogP contribution in [0.15, 0.2) is 42.1 Å². The molecule has 6 heteroatoms. The predicted molar refractivity (Wildman–Crippen MR) is 71.6 cm³/mol. The lowest BCUT2D eigenvalue weighted by atomic mass is 10.2. The minimum absolute atomic E-state index is 0.105. The van der Waals surface area contributed by atoms with Crippen LogP contribution in [0, 0.1) is 11.3 Å². The summed E-state index contributed by atoms with van der Waals surface area (Å²) in [7, 11) is 0. The number of rotatable bonds is 4. The normalized spacial score (nSPS) is 10.9. The first-order chi connectivity index (χ1) is 9.74. The molecule has 6 nitrogen and oxygen atoms in total. The summed E-state index contributed by atoms with van der Waals surface area (Å²) in [5.74, 6) is -0.663. The van der Waals surface area contributed by atoms with Gasteiger partial charge in [0, 0.05) is 0 Å². The summed E-state index contributed by atoms with van der Waals surface area (Å²) in [6, 6.07) is 11.2. The number of nitriles is 1. The van der Waals surface area contributed by atoms with E-state index in [2.05, 4.69) is 10.3 Å². The highest BCUT2D eigenvalue weighted by Gasteiger charge is 2.11. The number of esters is 1. The second-order valence-corrected chi connectivity index (χ2v) is 3.81. The molecule has 0 bridgehead atoms. The molecule has 0 saturated heterocycles. The summed E-state index contributed by atoms with van der Waals surface area (Å²) in [6.07, 6.45) is 2.98. The smallest absolute Gasteiger partial charge is 0.348 e. The summed E-state index contributed by atoms with van der Waals surface area (Å²) in [6.45, 7) is 1.90. The van der Waals surface area contributed by atoms with E-state index in [1.807, 2.05) is 30.3 Å². The number of hydrogen-bond acceptors (Lipinski definition) is 5. The van der Waals surface area contributed by atoms with Crippen LogP contribution in [0.4, 0.5) is 0 Å². The van der Waals surface area contributed by atoms with Crippen molar-refractivity contribution in [3.05, 3.63) is 47.8 Å². The van der Waals surface area contributed by atoms with Crippen molar-refractivity contribution in [1.82, 2.24) is 15.0 Å². The van der Waals surface area contributed by atoms with Crippen molar-refractivity contribution < 1.29 is 9.53 Å². The summed E-state index contributed by atoms with van der Waals surface area (Å²) in [5.41, 5.74) is 1.15. The lowest BCUT2D eigenvalue weighted by molar-refractivity contribution is -0.137. The molecule has 20 heavy (non-hydrogen) atoms. The van der Waals surface area contributed by atoms with Gasteiger partial charge in [-0.2, -0.15) is 5.26 Å². The average molecular weight is 268 g/mol. The molecule has 0 amide bonds. The lowest BCUT2D eigenvalue weighted by Crippen LogP contribution is -2.06. The van der Waals surface area contributed by atoms with E-state index in [1.165, 1.54) is 6.08 Å². The van der Waals surface area contributed by atoms with Gasteiger partial charge in [-0.05, 0) is 25.1 Å². The van der Waals surface area contributed by atoms with Gasteiger partial charge in [-0.1, -0.05) is 23.4 Å². The van der Waals surface area contributed by atoms with Crippen molar-refractivity contribution in [3.63, 3.8) is 0 Å². The van der Waals surface area contributed by atoms with E-state index >= 15 is 0 Å². The fourth-order valence-corrected chi connectivity index (χ4v) is 1.54. The van der Waals surface area contributed by atoms with Crippen molar-refractivity contribution in [3.8, 4) is 11.8 Å². The number of hydrogen-bond donors (Lipinski definition) is 0. The molecule has 0 aliphatic rings. The van der Waals surface area contributed by atoms with Crippen molar-refractivity contribution >= 4 is 12.0 Å². The summed E-state index contributed by atoms with van der Waals surface area (Å²) in [5, 5.41) is 16.8. The third-order valence-electron chi connectivity index (χ3n) is 2.44. The number of carbonyl (C=O) groups is 1. The molecule has 0 spiro atoms. The van der Waals surface area contributed by atoms with Gasteiger partial charge < -0.3 is 4.74 Å². The zero-order valence-corrected chi connectivity index (χ0v) is 10.9. The third kappa shape index (κ3) is 3.09. The van der Waals surface area contributed by atoms with Gasteiger partial charge in [-0.25, -0.2) is 9.48 Å². The summed E-state index contributed by atoms with van der Waals surface area (Å²) in [4.78, 5) is 11.5. The Morgan fingerprint density at radius 1 is 1.45 bits per heavy atom. The Morgan fingerprint density at radius 3 is 2.85 bits per heavy atom. The van der Waals surface area contributed by atoms with E-state index in [0.717, 1.165) is 5.69 Å². The molecule has 2 rings (SSSR count). The maximum Gasteiger partial charge on any atom is 0.348 e. The molecule has 1 aromatic heterocycles. The first kappa shape index (κ1) is 13.5. The number of carbonyl (C=O) groups excluding carboxylic acids is 1. The standard InChI is InChI=1S/C14H12N4O2/c1-2-20-14(19)11(9-15)8-12-10-18(17-16-12)13-6-4-3-5-7-13/h3-8,10H,2H2,1H3. The van der Waals surface area contributed by atoms with E-state index in [4.69, 9.17) is 10.00 Å². The number of nitrogens with zero attached hydrogens (tertiary/aromatic N) is 4. The largest absolute Gasteiger partial charge is 0.462 e. The van der Waals surface area contributed by atoms with Gasteiger partial charge in [0.05, 0.1) is 18.5 Å². The van der Waals surface area contributed by atoms with E-state index < -0.39 is 5.97 Å². The second kappa shape index (κ2) is 6.29.